The Morgan fingerprint density at radius 2 is 2.23 bits per heavy atom. The van der Waals surface area contributed by atoms with E-state index in [1.165, 1.54) is 23.5 Å². The molecule has 0 unspecified atom stereocenters. The van der Waals surface area contributed by atoms with Crippen LogP contribution in [0.1, 0.15) is 18.4 Å². The highest BCUT2D eigenvalue weighted by Crippen LogP contribution is 2.33. The lowest BCUT2D eigenvalue weighted by atomic mass is 9.86. The van der Waals surface area contributed by atoms with Crippen molar-refractivity contribution in [1.29, 1.82) is 5.26 Å². The number of nitrogens with zero attached hydrogens (tertiary/aromatic N) is 3. The molecule has 0 aliphatic carbocycles. The van der Waals surface area contributed by atoms with Crippen LogP contribution in [0, 0.1) is 23.1 Å². The summed E-state index contributed by atoms with van der Waals surface area (Å²) in [6, 6.07) is 6.07. The van der Waals surface area contributed by atoms with Crippen LogP contribution in [0.15, 0.2) is 23.7 Å². The van der Waals surface area contributed by atoms with E-state index < -0.39 is 11.9 Å². The number of amides is 1. The monoisotopic (exact) mass is 372 g/mol. The van der Waals surface area contributed by atoms with Gasteiger partial charge in [0.25, 0.3) is 0 Å². The number of ether oxygens (including phenoxy) is 1. The van der Waals surface area contributed by atoms with E-state index in [-0.39, 0.29) is 11.7 Å². The number of nitrogens with one attached hydrogen (secondary N) is 1. The van der Waals surface area contributed by atoms with Gasteiger partial charge < -0.3 is 4.74 Å². The summed E-state index contributed by atoms with van der Waals surface area (Å²) in [7, 11) is 0. The Hall–Kier alpha value is -2.50. The van der Waals surface area contributed by atoms with Gasteiger partial charge in [-0.05, 0) is 49.5 Å². The first-order valence-electron chi connectivity index (χ1n) is 8.47. The Morgan fingerprint density at radius 3 is 2.92 bits per heavy atom. The van der Waals surface area contributed by atoms with Gasteiger partial charge in [-0.3, -0.25) is 10.2 Å². The number of thiazole rings is 1. The van der Waals surface area contributed by atoms with Crippen LogP contribution in [0.5, 0.6) is 0 Å². The van der Waals surface area contributed by atoms with Crippen molar-refractivity contribution in [2.45, 2.75) is 18.9 Å². The Bertz CT molecular complexity index is 870. The average Bonchev–Trinajstić information content (AvgIpc) is 3.11. The number of carbonyl (C=O) groups excluding carboxylic acids is 1. The Morgan fingerprint density at radius 1 is 1.42 bits per heavy atom. The first-order chi connectivity index (χ1) is 12.6. The average molecular weight is 372 g/mol. The van der Waals surface area contributed by atoms with Crippen LogP contribution in [0.3, 0.4) is 0 Å². The molecule has 6 nitrogen and oxygen atoms in total. The Kier molecular flexibility index (Phi) is 4.57. The number of aromatic nitrogens is 1. The van der Waals surface area contributed by atoms with Gasteiger partial charge in [-0.2, -0.15) is 5.26 Å². The maximum absolute atomic E-state index is 13.5. The summed E-state index contributed by atoms with van der Waals surface area (Å²) in [5.41, 5.74) is 2.18. The van der Waals surface area contributed by atoms with Crippen molar-refractivity contribution in [3.63, 3.8) is 0 Å². The van der Waals surface area contributed by atoms with Gasteiger partial charge in [0, 0.05) is 6.54 Å². The van der Waals surface area contributed by atoms with E-state index in [0.29, 0.717) is 22.2 Å². The minimum atomic E-state index is -0.572. The molecule has 5 rings (SSSR count). The Balaban J connectivity index is 1.47. The molecule has 0 spiro atoms. The lowest BCUT2D eigenvalue weighted by molar-refractivity contribution is -0.0290. The summed E-state index contributed by atoms with van der Waals surface area (Å²) in [5.74, 6) is 0.213. The number of halogens is 1. The first-order valence-corrected chi connectivity index (χ1v) is 9.35. The fourth-order valence-electron chi connectivity index (χ4n) is 3.60. The van der Waals surface area contributed by atoms with Crippen LogP contribution in [-0.4, -0.2) is 41.7 Å². The van der Waals surface area contributed by atoms with E-state index in [1.807, 2.05) is 6.07 Å². The molecule has 0 radical (unpaired) electrons. The molecule has 3 aliphatic heterocycles. The zero-order valence-electron chi connectivity index (χ0n) is 13.9. The maximum atomic E-state index is 13.5. The van der Waals surface area contributed by atoms with Crippen molar-refractivity contribution in [3.8, 4) is 16.5 Å². The van der Waals surface area contributed by atoms with Crippen LogP contribution >= 0.6 is 11.3 Å². The number of hydrogen-bond donors (Lipinski definition) is 1. The van der Waals surface area contributed by atoms with E-state index in [1.54, 1.807) is 11.6 Å². The van der Waals surface area contributed by atoms with Crippen molar-refractivity contribution in [1.82, 2.24) is 9.88 Å². The SMILES string of the molecule is N#Cc1cc(-c2scnc2NC(=O)O[C@H]2CN3CCC2CC3)ccc1F. The molecule has 3 aliphatic rings. The molecule has 1 N–H and O–H groups in total. The van der Waals surface area contributed by atoms with Crippen molar-refractivity contribution < 1.29 is 13.9 Å². The minimum absolute atomic E-state index is 0.0447. The number of carbonyl (C=O) groups is 1. The second kappa shape index (κ2) is 7.02. The first kappa shape index (κ1) is 16.9. The highest BCUT2D eigenvalue weighted by Gasteiger charge is 2.36. The summed E-state index contributed by atoms with van der Waals surface area (Å²) in [4.78, 5) is 19.5. The summed E-state index contributed by atoms with van der Waals surface area (Å²) in [6.45, 7) is 2.94. The fraction of sp³-hybridized carbons (Fsp3) is 0.389. The topological polar surface area (TPSA) is 78.2 Å². The van der Waals surface area contributed by atoms with Crippen LogP contribution in [-0.2, 0) is 4.74 Å². The molecule has 3 saturated heterocycles. The molecule has 1 aromatic carbocycles. The van der Waals surface area contributed by atoms with Crippen molar-refractivity contribution >= 4 is 23.2 Å². The molecular weight excluding hydrogens is 355 g/mol. The van der Waals surface area contributed by atoms with Crippen molar-refractivity contribution in [3.05, 3.63) is 35.1 Å². The molecule has 1 amide bonds. The van der Waals surface area contributed by atoms with Gasteiger partial charge in [-0.15, -0.1) is 11.3 Å². The van der Waals surface area contributed by atoms with Gasteiger partial charge in [-0.1, -0.05) is 6.07 Å². The van der Waals surface area contributed by atoms with E-state index in [0.717, 1.165) is 32.5 Å². The number of fused-ring (bicyclic) bond motifs is 3. The van der Waals surface area contributed by atoms with Gasteiger partial charge in [0.15, 0.2) is 5.82 Å². The second-order valence-electron chi connectivity index (χ2n) is 6.54. The highest BCUT2D eigenvalue weighted by atomic mass is 32.1. The van der Waals surface area contributed by atoms with Gasteiger partial charge in [0.2, 0.25) is 0 Å². The number of anilines is 1. The second-order valence-corrected chi connectivity index (χ2v) is 7.40. The predicted octanol–water partition coefficient (Wildman–Crippen LogP) is 3.46. The summed E-state index contributed by atoms with van der Waals surface area (Å²) >= 11 is 1.31. The quantitative estimate of drug-likeness (QED) is 0.893. The third-order valence-corrected chi connectivity index (χ3v) is 5.87. The lowest BCUT2D eigenvalue weighted by Gasteiger charge is -2.43. The highest BCUT2D eigenvalue weighted by molar-refractivity contribution is 7.13. The molecule has 3 fully saturated rings. The minimum Gasteiger partial charge on any atom is -0.444 e. The third kappa shape index (κ3) is 3.28. The van der Waals surface area contributed by atoms with E-state index in [9.17, 15) is 9.18 Å². The number of rotatable bonds is 3. The molecule has 1 aromatic heterocycles. The molecule has 1 atom stereocenters. The summed E-state index contributed by atoms with van der Waals surface area (Å²) in [5, 5.41) is 11.7. The van der Waals surface area contributed by atoms with Crippen LogP contribution in [0.4, 0.5) is 15.0 Å². The van der Waals surface area contributed by atoms with Gasteiger partial charge in [0.1, 0.15) is 18.0 Å². The van der Waals surface area contributed by atoms with Crippen molar-refractivity contribution in [2.24, 2.45) is 5.92 Å². The number of hydrogen-bond acceptors (Lipinski definition) is 6. The standard InChI is InChI=1S/C18H17FN4O2S/c19-14-2-1-12(7-13(14)8-20)16-17(21-10-26-16)22-18(24)25-15-9-23-5-3-11(15)4-6-23/h1-2,7,10-11,15H,3-6,9H2,(H,22,24)/t15-/m0/s1. The van der Waals surface area contributed by atoms with Gasteiger partial charge in [0.05, 0.1) is 16.0 Å². The zero-order chi connectivity index (χ0) is 18.1. The van der Waals surface area contributed by atoms with Crippen LogP contribution in [0.25, 0.3) is 10.4 Å². The van der Waals surface area contributed by atoms with Crippen molar-refractivity contribution in [2.75, 3.05) is 25.0 Å². The van der Waals surface area contributed by atoms with Crippen LogP contribution in [0.2, 0.25) is 0 Å². The largest absolute Gasteiger partial charge is 0.444 e. The maximum Gasteiger partial charge on any atom is 0.413 e. The molecule has 134 valence electrons. The molecule has 2 bridgehead atoms. The molecular formula is C18H17FN4O2S. The molecule has 2 aromatic rings. The van der Waals surface area contributed by atoms with Gasteiger partial charge >= 0.3 is 6.09 Å². The van der Waals surface area contributed by atoms with E-state index in [2.05, 4.69) is 15.2 Å². The number of benzene rings is 1. The summed E-state index contributed by atoms with van der Waals surface area (Å²) < 4.78 is 19.1. The zero-order valence-corrected chi connectivity index (χ0v) is 14.8. The molecule has 0 saturated carbocycles. The van der Waals surface area contributed by atoms with Gasteiger partial charge in [-0.25, -0.2) is 14.2 Å². The van der Waals surface area contributed by atoms with E-state index >= 15 is 0 Å². The van der Waals surface area contributed by atoms with Crippen LogP contribution < -0.4 is 5.32 Å². The molecule has 26 heavy (non-hydrogen) atoms. The normalized spacial score (nSPS) is 24.1. The smallest absolute Gasteiger partial charge is 0.413 e. The third-order valence-electron chi connectivity index (χ3n) is 4.99. The lowest BCUT2D eigenvalue weighted by Crippen LogP contribution is -2.52. The molecule has 4 heterocycles. The number of nitriles is 1. The predicted molar refractivity (Wildman–Crippen MR) is 95.3 cm³/mol. The summed E-state index contributed by atoms with van der Waals surface area (Å²) in [6.07, 6.45) is 1.51. The Labute approximate surface area is 154 Å². The number of piperidine rings is 3. The van der Waals surface area contributed by atoms with E-state index in [4.69, 9.17) is 10.00 Å². The molecule has 8 heteroatoms. The fourth-order valence-corrected chi connectivity index (χ4v) is 4.34.